The Morgan fingerprint density at radius 2 is 2.20 bits per heavy atom. The maximum absolute atomic E-state index is 10.3. The number of aliphatic carboxylic acids is 1. The minimum Gasteiger partial charge on any atom is -0.480 e. The van der Waals surface area contributed by atoms with E-state index < -0.39 is 18.1 Å². The van der Waals surface area contributed by atoms with Crippen LogP contribution in [-0.4, -0.2) is 34.6 Å². The number of rotatable bonds is 4. The van der Waals surface area contributed by atoms with Gasteiger partial charge in [0.15, 0.2) is 0 Å². The lowest BCUT2D eigenvalue weighted by Crippen LogP contribution is -2.41. The third-order valence-electron chi connectivity index (χ3n) is 0.993. The van der Waals surface area contributed by atoms with Gasteiger partial charge in [-0.1, -0.05) is 11.9 Å². The Bertz CT molecular complexity index is 117. The monoisotopic (exact) mass is 165 g/mol. The third-order valence-corrected chi connectivity index (χ3v) is 1.48. The molecule has 10 heavy (non-hydrogen) atoms. The summed E-state index contributed by atoms with van der Waals surface area (Å²) in [4.78, 5) is 10.3. The lowest BCUT2D eigenvalue weighted by molar-refractivity contribution is -0.141. The number of hydrogen-bond acceptors (Lipinski definition) is 4. The van der Waals surface area contributed by atoms with E-state index in [-0.39, 0.29) is 0 Å². The fourth-order valence-electron chi connectivity index (χ4n) is 0.482. The van der Waals surface area contributed by atoms with Gasteiger partial charge in [0.25, 0.3) is 0 Å². The van der Waals surface area contributed by atoms with Crippen LogP contribution >= 0.6 is 11.9 Å². The van der Waals surface area contributed by atoms with E-state index in [0.29, 0.717) is 0 Å². The largest absolute Gasteiger partial charge is 0.480 e. The van der Waals surface area contributed by atoms with E-state index in [1.165, 1.54) is 18.9 Å². The lowest BCUT2D eigenvalue weighted by atomic mass is 10.2. The van der Waals surface area contributed by atoms with Gasteiger partial charge in [-0.15, -0.1) is 0 Å². The van der Waals surface area contributed by atoms with Crippen LogP contribution in [0, 0.1) is 0 Å². The first-order valence-electron chi connectivity index (χ1n) is 2.79. The average molecular weight is 165 g/mol. The third kappa shape index (κ3) is 3.05. The number of nitrogens with one attached hydrogen (secondary N) is 1. The molecule has 0 spiro atoms. The summed E-state index contributed by atoms with van der Waals surface area (Å²) < 4.78 is 2.55. The maximum atomic E-state index is 10.3. The highest BCUT2D eigenvalue weighted by atomic mass is 32.2. The van der Waals surface area contributed by atoms with E-state index in [2.05, 4.69) is 4.72 Å². The lowest BCUT2D eigenvalue weighted by Gasteiger charge is -2.14. The number of hydrogen-bond donors (Lipinski definition) is 3. The average Bonchev–Trinajstić information content (AvgIpc) is 1.81. The van der Waals surface area contributed by atoms with Crippen LogP contribution in [0.4, 0.5) is 0 Å². The Morgan fingerprint density at radius 3 is 2.30 bits per heavy atom. The van der Waals surface area contributed by atoms with Gasteiger partial charge < -0.3 is 10.2 Å². The summed E-state index contributed by atoms with van der Waals surface area (Å²) in [6, 6.07) is -0.880. The molecule has 0 fully saturated rings. The zero-order chi connectivity index (χ0) is 8.15. The first kappa shape index (κ1) is 9.74. The number of carboxylic acids is 1. The molecule has 0 aromatic carbocycles. The van der Waals surface area contributed by atoms with E-state index in [1.54, 1.807) is 6.26 Å². The second-order valence-electron chi connectivity index (χ2n) is 1.88. The molecule has 0 saturated heterocycles. The molecule has 2 atom stereocenters. The molecule has 0 bridgehead atoms. The van der Waals surface area contributed by atoms with Crippen molar-refractivity contribution in [1.82, 2.24) is 4.72 Å². The molecule has 0 aliphatic heterocycles. The molecule has 0 aliphatic rings. The molecule has 0 amide bonds. The van der Waals surface area contributed by atoms with Gasteiger partial charge in [-0.05, 0) is 13.2 Å². The minimum atomic E-state index is -1.04. The van der Waals surface area contributed by atoms with E-state index >= 15 is 0 Å². The molecule has 0 aliphatic carbocycles. The second-order valence-corrected chi connectivity index (χ2v) is 2.52. The van der Waals surface area contributed by atoms with Crippen LogP contribution < -0.4 is 4.72 Å². The molecule has 60 valence electrons. The molecule has 5 heteroatoms. The molecule has 0 aromatic heterocycles. The molecule has 3 N–H and O–H groups in total. The van der Waals surface area contributed by atoms with Gasteiger partial charge in [0.1, 0.15) is 6.04 Å². The molecule has 0 heterocycles. The Morgan fingerprint density at radius 1 is 1.70 bits per heavy atom. The molecule has 0 saturated carbocycles. The van der Waals surface area contributed by atoms with Gasteiger partial charge in [-0.25, -0.2) is 4.72 Å². The second kappa shape index (κ2) is 4.54. The Hall–Kier alpha value is -0.260. The number of aliphatic hydroxyl groups is 1. The maximum Gasteiger partial charge on any atom is 0.324 e. The Kier molecular flexibility index (Phi) is 4.42. The Labute approximate surface area is 63.8 Å². The van der Waals surface area contributed by atoms with Gasteiger partial charge in [0.05, 0.1) is 6.10 Å². The fraction of sp³-hybridized carbons (Fsp3) is 0.800. The predicted molar refractivity (Wildman–Crippen MR) is 39.8 cm³/mol. The normalized spacial score (nSPS) is 16.3. The van der Waals surface area contributed by atoms with Gasteiger partial charge >= 0.3 is 5.97 Å². The van der Waals surface area contributed by atoms with Crippen molar-refractivity contribution in [3.63, 3.8) is 0 Å². The van der Waals surface area contributed by atoms with Gasteiger partial charge in [-0.2, -0.15) is 0 Å². The van der Waals surface area contributed by atoms with E-state index in [0.717, 1.165) is 0 Å². The highest BCUT2D eigenvalue weighted by Crippen LogP contribution is 1.97. The first-order chi connectivity index (χ1) is 4.59. The van der Waals surface area contributed by atoms with E-state index in [1.807, 2.05) is 0 Å². The van der Waals surface area contributed by atoms with Gasteiger partial charge in [0.2, 0.25) is 0 Å². The van der Waals surface area contributed by atoms with Crippen molar-refractivity contribution in [1.29, 1.82) is 0 Å². The van der Waals surface area contributed by atoms with Crippen molar-refractivity contribution in [3.8, 4) is 0 Å². The molecule has 4 nitrogen and oxygen atoms in total. The van der Waals surface area contributed by atoms with Crippen molar-refractivity contribution >= 4 is 17.9 Å². The fourth-order valence-corrected chi connectivity index (χ4v) is 1.03. The van der Waals surface area contributed by atoms with Crippen molar-refractivity contribution < 1.29 is 15.0 Å². The summed E-state index contributed by atoms with van der Waals surface area (Å²) in [6.07, 6.45) is 0.836. The molecular formula is C5H11NO3S. The van der Waals surface area contributed by atoms with Crippen LogP contribution in [0.3, 0.4) is 0 Å². The van der Waals surface area contributed by atoms with Crippen molar-refractivity contribution in [2.45, 2.75) is 19.1 Å². The number of carboxylic acid groups (broad SMARTS) is 1. The predicted octanol–water partition coefficient (Wildman–Crippen LogP) is -0.312. The van der Waals surface area contributed by atoms with Crippen molar-refractivity contribution in [3.05, 3.63) is 0 Å². The number of aliphatic hydroxyl groups excluding tert-OH is 1. The molecule has 0 rings (SSSR count). The van der Waals surface area contributed by atoms with Crippen molar-refractivity contribution in [2.75, 3.05) is 6.26 Å². The quantitative estimate of drug-likeness (QED) is 0.498. The van der Waals surface area contributed by atoms with Crippen LogP contribution in [0.25, 0.3) is 0 Å². The minimum absolute atomic E-state index is 0.870. The zero-order valence-corrected chi connectivity index (χ0v) is 6.68. The highest BCUT2D eigenvalue weighted by Gasteiger charge is 2.21. The van der Waals surface area contributed by atoms with Gasteiger partial charge in [0, 0.05) is 0 Å². The van der Waals surface area contributed by atoms with Gasteiger partial charge in [-0.3, -0.25) is 4.79 Å². The Balaban J connectivity index is 3.85. The van der Waals surface area contributed by atoms with Crippen molar-refractivity contribution in [2.24, 2.45) is 0 Å². The van der Waals surface area contributed by atoms with Crippen LogP contribution in [0.5, 0.6) is 0 Å². The standard InChI is InChI=1S/C5H11NO3S/c1-3(7)4(5(8)9)6-10-2/h3-4,6-7H,1-2H3,(H,8,9)/t3-,4+/m1/s1. The smallest absolute Gasteiger partial charge is 0.324 e. The van der Waals surface area contributed by atoms with Crippen LogP contribution in [0.15, 0.2) is 0 Å². The van der Waals surface area contributed by atoms with E-state index in [9.17, 15) is 4.79 Å². The summed E-state index contributed by atoms with van der Waals surface area (Å²) in [5.41, 5.74) is 0. The first-order valence-corrected chi connectivity index (χ1v) is 4.01. The molecule has 0 aromatic rings. The summed E-state index contributed by atoms with van der Waals surface area (Å²) in [5, 5.41) is 17.3. The van der Waals surface area contributed by atoms with Crippen LogP contribution in [0.1, 0.15) is 6.92 Å². The summed E-state index contributed by atoms with van der Waals surface area (Å²) in [5.74, 6) is -1.04. The summed E-state index contributed by atoms with van der Waals surface area (Å²) in [7, 11) is 0. The van der Waals surface area contributed by atoms with Crippen LogP contribution in [0.2, 0.25) is 0 Å². The summed E-state index contributed by atoms with van der Waals surface area (Å²) >= 11 is 1.18. The topological polar surface area (TPSA) is 69.6 Å². The summed E-state index contributed by atoms with van der Waals surface area (Å²) in [6.45, 7) is 1.43. The molecular weight excluding hydrogens is 154 g/mol. The van der Waals surface area contributed by atoms with Crippen LogP contribution in [-0.2, 0) is 4.79 Å². The SMILES string of the molecule is CSN[C@H](C(=O)O)[C@@H](C)O. The molecule has 0 radical (unpaired) electrons. The number of carbonyl (C=O) groups is 1. The zero-order valence-electron chi connectivity index (χ0n) is 5.87. The highest BCUT2D eigenvalue weighted by molar-refractivity contribution is 7.96. The molecule has 0 unspecified atom stereocenters. The van der Waals surface area contributed by atoms with E-state index in [4.69, 9.17) is 10.2 Å².